The van der Waals surface area contributed by atoms with Gasteiger partial charge in [-0.1, -0.05) is 18.7 Å². The second-order valence-electron chi connectivity index (χ2n) is 5.44. The standard InChI is InChI=1S/C15H23N3O2S/c1-4-20-14(19)12-9-16-15(21-3)18-13(12)17-11-7-5-10(2)6-8-11/h9-11H,4-8H2,1-3H3,(H,16,17,18). The Morgan fingerprint density at radius 1 is 1.43 bits per heavy atom. The van der Waals surface area contributed by atoms with E-state index in [4.69, 9.17) is 4.74 Å². The Labute approximate surface area is 130 Å². The first-order valence-corrected chi connectivity index (χ1v) is 8.71. The molecule has 0 amide bonds. The molecule has 0 aromatic carbocycles. The minimum absolute atomic E-state index is 0.351. The van der Waals surface area contributed by atoms with E-state index in [1.165, 1.54) is 24.6 Å². The highest BCUT2D eigenvalue weighted by molar-refractivity contribution is 7.98. The summed E-state index contributed by atoms with van der Waals surface area (Å²) < 4.78 is 5.08. The summed E-state index contributed by atoms with van der Waals surface area (Å²) in [4.78, 5) is 20.6. The van der Waals surface area contributed by atoms with Crippen LogP contribution in [-0.4, -0.2) is 34.8 Å². The molecular weight excluding hydrogens is 286 g/mol. The molecule has 1 fully saturated rings. The van der Waals surface area contributed by atoms with Gasteiger partial charge in [-0.05, 0) is 44.8 Å². The van der Waals surface area contributed by atoms with E-state index in [0.717, 1.165) is 18.8 Å². The molecular formula is C15H23N3O2S. The largest absolute Gasteiger partial charge is 0.462 e. The second kappa shape index (κ2) is 7.64. The van der Waals surface area contributed by atoms with Crippen LogP contribution >= 0.6 is 11.8 Å². The first-order chi connectivity index (χ1) is 10.1. The van der Waals surface area contributed by atoms with Crippen LogP contribution in [0.1, 0.15) is 49.9 Å². The van der Waals surface area contributed by atoms with Crippen molar-refractivity contribution in [3.63, 3.8) is 0 Å². The quantitative estimate of drug-likeness (QED) is 0.511. The van der Waals surface area contributed by atoms with Crippen molar-refractivity contribution >= 4 is 23.5 Å². The Hall–Kier alpha value is -1.30. The van der Waals surface area contributed by atoms with Crippen LogP contribution in [0.2, 0.25) is 0 Å². The van der Waals surface area contributed by atoms with E-state index in [2.05, 4.69) is 22.2 Å². The first kappa shape index (κ1) is 16.1. The molecule has 1 saturated carbocycles. The minimum atomic E-state index is -0.364. The molecule has 5 nitrogen and oxygen atoms in total. The van der Waals surface area contributed by atoms with Crippen molar-refractivity contribution in [3.8, 4) is 0 Å². The average molecular weight is 309 g/mol. The fourth-order valence-corrected chi connectivity index (χ4v) is 2.87. The van der Waals surface area contributed by atoms with Gasteiger partial charge in [-0.2, -0.15) is 0 Å². The Balaban J connectivity index is 2.16. The predicted octanol–water partition coefficient (Wildman–Crippen LogP) is 3.37. The van der Waals surface area contributed by atoms with Crippen molar-refractivity contribution in [2.75, 3.05) is 18.2 Å². The molecule has 1 aliphatic carbocycles. The van der Waals surface area contributed by atoms with E-state index >= 15 is 0 Å². The van der Waals surface area contributed by atoms with Crippen molar-refractivity contribution < 1.29 is 9.53 Å². The van der Waals surface area contributed by atoms with Crippen LogP contribution in [0.25, 0.3) is 0 Å². The van der Waals surface area contributed by atoms with Gasteiger partial charge in [0.05, 0.1) is 6.61 Å². The molecule has 1 aromatic rings. The number of hydrogen-bond donors (Lipinski definition) is 1. The molecule has 0 saturated heterocycles. The average Bonchev–Trinajstić information content (AvgIpc) is 2.49. The zero-order valence-electron chi connectivity index (χ0n) is 12.9. The number of nitrogens with zero attached hydrogens (tertiary/aromatic N) is 2. The topological polar surface area (TPSA) is 64.1 Å². The third-order valence-corrected chi connectivity index (χ3v) is 4.36. The molecule has 1 aromatic heterocycles. The minimum Gasteiger partial charge on any atom is -0.462 e. The summed E-state index contributed by atoms with van der Waals surface area (Å²) in [6.07, 6.45) is 8.14. The lowest BCUT2D eigenvalue weighted by Gasteiger charge is -2.27. The van der Waals surface area contributed by atoms with Gasteiger partial charge in [0.1, 0.15) is 11.4 Å². The summed E-state index contributed by atoms with van der Waals surface area (Å²) in [6.45, 7) is 4.44. The highest BCUT2D eigenvalue weighted by Crippen LogP contribution is 2.27. The molecule has 2 rings (SSSR count). The fraction of sp³-hybridized carbons (Fsp3) is 0.667. The molecule has 1 aliphatic rings. The molecule has 1 N–H and O–H groups in total. The van der Waals surface area contributed by atoms with Gasteiger partial charge in [0.2, 0.25) is 0 Å². The van der Waals surface area contributed by atoms with E-state index in [0.29, 0.717) is 29.2 Å². The third-order valence-electron chi connectivity index (χ3n) is 3.80. The number of rotatable bonds is 5. The molecule has 6 heteroatoms. The number of carbonyl (C=O) groups is 1. The van der Waals surface area contributed by atoms with E-state index in [1.807, 2.05) is 6.26 Å². The van der Waals surface area contributed by atoms with Crippen molar-refractivity contribution in [2.45, 2.75) is 50.7 Å². The van der Waals surface area contributed by atoms with Crippen LogP contribution in [0.15, 0.2) is 11.4 Å². The summed E-state index contributed by atoms with van der Waals surface area (Å²) in [7, 11) is 0. The van der Waals surface area contributed by atoms with Gasteiger partial charge in [-0.15, -0.1) is 0 Å². The Morgan fingerprint density at radius 2 is 2.14 bits per heavy atom. The Kier molecular flexibility index (Phi) is 5.85. The van der Waals surface area contributed by atoms with Crippen molar-refractivity contribution in [3.05, 3.63) is 11.8 Å². The number of carbonyl (C=O) groups excluding carboxylic acids is 1. The molecule has 21 heavy (non-hydrogen) atoms. The van der Waals surface area contributed by atoms with Crippen molar-refractivity contribution in [2.24, 2.45) is 5.92 Å². The molecule has 0 radical (unpaired) electrons. The van der Waals surface area contributed by atoms with Crippen LogP contribution in [0.4, 0.5) is 5.82 Å². The highest BCUT2D eigenvalue weighted by Gasteiger charge is 2.22. The summed E-state index contributed by atoms with van der Waals surface area (Å²) in [5.41, 5.74) is 0.424. The second-order valence-corrected chi connectivity index (χ2v) is 6.21. The lowest BCUT2D eigenvalue weighted by atomic mass is 9.87. The first-order valence-electron chi connectivity index (χ1n) is 7.48. The van der Waals surface area contributed by atoms with E-state index in [-0.39, 0.29) is 5.97 Å². The number of aromatic nitrogens is 2. The zero-order valence-corrected chi connectivity index (χ0v) is 13.7. The Bertz CT molecular complexity index is 488. The molecule has 1 heterocycles. The molecule has 0 bridgehead atoms. The van der Waals surface area contributed by atoms with Gasteiger partial charge in [-0.3, -0.25) is 0 Å². The summed E-state index contributed by atoms with van der Waals surface area (Å²) in [5, 5.41) is 4.08. The van der Waals surface area contributed by atoms with E-state index in [9.17, 15) is 4.79 Å². The molecule has 0 unspecified atom stereocenters. The molecule has 116 valence electrons. The lowest BCUT2D eigenvalue weighted by Crippen LogP contribution is -2.27. The predicted molar refractivity (Wildman–Crippen MR) is 84.8 cm³/mol. The molecule has 0 atom stereocenters. The van der Waals surface area contributed by atoms with Gasteiger partial charge in [0.15, 0.2) is 5.16 Å². The number of ether oxygens (including phenoxy) is 1. The number of hydrogen-bond acceptors (Lipinski definition) is 6. The summed E-state index contributed by atoms with van der Waals surface area (Å²) in [6, 6.07) is 0.374. The molecule has 0 aliphatic heterocycles. The van der Waals surface area contributed by atoms with Gasteiger partial charge in [-0.25, -0.2) is 14.8 Å². The number of anilines is 1. The van der Waals surface area contributed by atoms with Gasteiger partial charge < -0.3 is 10.1 Å². The summed E-state index contributed by atoms with van der Waals surface area (Å²) >= 11 is 1.46. The summed E-state index contributed by atoms with van der Waals surface area (Å²) in [5.74, 6) is 1.03. The number of esters is 1. The third kappa shape index (κ3) is 4.33. The Morgan fingerprint density at radius 3 is 2.76 bits per heavy atom. The SMILES string of the molecule is CCOC(=O)c1cnc(SC)nc1NC1CCC(C)CC1. The lowest BCUT2D eigenvalue weighted by molar-refractivity contribution is 0.0526. The normalized spacial score (nSPS) is 21.9. The van der Waals surface area contributed by atoms with Crippen LogP contribution in [0.3, 0.4) is 0 Å². The van der Waals surface area contributed by atoms with Crippen LogP contribution in [0.5, 0.6) is 0 Å². The fourth-order valence-electron chi connectivity index (χ4n) is 2.53. The van der Waals surface area contributed by atoms with Gasteiger partial charge in [0, 0.05) is 12.2 Å². The smallest absolute Gasteiger partial charge is 0.343 e. The van der Waals surface area contributed by atoms with Crippen molar-refractivity contribution in [1.82, 2.24) is 9.97 Å². The van der Waals surface area contributed by atoms with Gasteiger partial charge >= 0.3 is 5.97 Å². The zero-order chi connectivity index (χ0) is 15.2. The van der Waals surface area contributed by atoms with Gasteiger partial charge in [0.25, 0.3) is 0 Å². The highest BCUT2D eigenvalue weighted by atomic mass is 32.2. The van der Waals surface area contributed by atoms with E-state index < -0.39 is 0 Å². The van der Waals surface area contributed by atoms with Crippen LogP contribution in [-0.2, 0) is 4.74 Å². The van der Waals surface area contributed by atoms with Crippen LogP contribution < -0.4 is 5.32 Å². The van der Waals surface area contributed by atoms with E-state index in [1.54, 1.807) is 13.1 Å². The maximum Gasteiger partial charge on any atom is 0.343 e. The number of thioether (sulfide) groups is 1. The molecule has 0 spiro atoms. The number of nitrogens with one attached hydrogen (secondary N) is 1. The maximum absolute atomic E-state index is 12.0. The van der Waals surface area contributed by atoms with Crippen molar-refractivity contribution in [1.29, 1.82) is 0 Å². The monoisotopic (exact) mass is 309 g/mol. The maximum atomic E-state index is 12.0. The van der Waals surface area contributed by atoms with Crippen LogP contribution in [0, 0.1) is 5.92 Å².